The van der Waals surface area contributed by atoms with Gasteiger partial charge in [0, 0.05) is 17.5 Å². The Morgan fingerprint density at radius 1 is 1.22 bits per heavy atom. The number of hydrogen-bond acceptors (Lipinski definition) is 4. The lowest BCUT2D eigenvalue weighted by Gasteiger charge is -2.12. The molecule has 0 aliphatic rings. The van der Waals surface area contributed by atoms with E-state index in [0.29, 0.717) is 0 Å². The average molecular weight is 321 g/mol. The van der Waals surface area contributed by atoms with Crippen molar-refractivity contribution in [3.05, 3.63) is 63.6 Å². The van der Waals surface area contributed by atoms with Gasteiger partial charge in [-0.2, -0.15) is 5.10 Å². The number of benzene rings is 1. The second-order valence-corrected chi connectivity index (χ2v) is 5.00. The molecule has 0 saturated heterocycles. The minimum atomic E-state index is -1.13. The van der Waals surface area contributed by atoms with Crippen LogP contribution in [0.4, 0.5) is 8.78 Å². The van der Waals surface area contributed by atoms with Crippen LogP contribution in [-0.4, -0.2) is 21.5 Å². The molecule has 1 heterocycles. The number of nitrogens with zero attached hydrogens (tertiary/aromatic N) is 2. The van der Waals surface area contributed by atoms with Crippen LogP contribution >= 0.6 is 0 Å². The zero-order chi connectivity index (χ0) is 17.1. The van der Waals surface area contributed by atoms with Crippen LogP contribution in [0.15, 0.2) is 35.1 Å². The zero-order valence-corrected chi connectivity index (χ0v) is 12.1. The Morgan fingerprint density at radius 3 is 2.52 bits per heavy atom. The molecule has 23 heavy (non-hydrogen) atoms. The van der Waals surface area contributed by atoms with Gasteiger partial charge in [-0.05, 0) is 24.3 Å². The highest BCUT2D eigenvalue weighted by Crippen LogP contribution is 2.14. The van der Waals surface area contributed by atoms with Crippen LogP contribution in [0.1, 0.15) is 27.8 Å². The third-order valence-electron chi connectivity index (χ3n) is 3.22. The second kappa shape index (κ2) is 6.47. The lowest BCUT2D eigenvalue weighted by atomic mass is 9.99. The number of halogens is 2. The van der Waals surface area contributed by atoms with Gasteiger partial charge in [-0.3, -0.25) is 14.4 Å². The molecule has 6 nitrogen and oxygen atoms in total. The Kier molecular flexibility index (Phi) is 4.63. The summed E-state index contributed by atoms with van der Waals surface area (Å²) in [6, 6.07) is 5.11. The third-order valence-corrected chi connectivity index (χ3v) is 3.22. The minimum absolute atomic E-state index is 0.0181. The predicted octanol–water partition coefficient (Wildman–Crippen LogP) is 1.14. The summed E-state index contributed by atoms with van der Waals surface area (Å²) in [6.45, 7) is 1.38. The summed E-state index contributed by atoms with van der Waals surface area (Å²) in [5.41, 5.74) is 4.44. The number of carbonyl (C=O) groups excluding carboxylic acids is 2. The first-order chi connectivity index (χ1) is 10.8. The van der Waals surface area contributed by atoms with E-state index in [-0.39, 0.29) is 17.8 Å². The van der Waals surface area contributed by atoms with E-state index in [0.717, 1.165) is 28.9 Å². The predicted molar refractivity (Wildman–Crippen MR) is 76.9 cm³/mol. The first-order valence-corrected chi connectivity index (χ1v) is 6.67. The molecule has 1 aromatic carbocycles. The summed E-state index contributed by atoms with van der Waals surface area (Å²) in [4.78, 5) is 35.0. The molecule has 2 N–H and O–H groups in total. The molecular weight excluding hydrogens is 308 g/mol. The van der Waals surface area contributed by atoms with E-state index in [1.54, 1.807) is 0 Å². The summed E-state index contributed by atoms with van der Waals surface area (Å²) in [5.74, 6) is -4.22. The molecule has 120 valence electrons. The van der Waals surface area contributed by atoms with Crippen LogP contribution in [0, 0.1) is 17.6 Å². The molecule has 0 aliphatic heterocycles. The molecule has 0 fully saturated rings. The maximum Gasteiger partial charge on any atom is 0.269 e. The Bertz CT molecular complexity index is 833. The van der Waals surface area contributed by atoms with E-state index in [4.69, 9.17) is 5.73 Å². The minimum Gasteiger partial charge on any atom is -0.364 e. The second-order valence-electron chi connectivity index (χ2n) is 5.00. The van der Waals surface area contributed by atoms with Crippen LogP contribution in [0.25, 0.3) is 0 Å². The molecule has 1 amide bonds. The molecule has 1 atom stereocenters. The fourth-order valence-electron chi connectivity index (χ4n) is 1.99. The molecule has 0 unspecified atom stereocenters. The molecule has 2 rings (SSSR count). The first-order valence-electron chi connectivity index (χ1n) is 6.67. The quantitative estimate of drug-likeness (QED) is 0.835. The SMILES string of the molecule is C[C@@H](Cn1nc(C(N)=O)ccc1=O)C(=O)c1ccc(F)c(F)c1. The van der Waals surface area contributed by atoms with Crippen LogP contribution in [0.2, 0.25) is 0 Å². The van der Waals surface area contributed by atoms with Gasteiger partial charge >= 0.3 is 0 Å². The Balaban J connectivity index is 2.24. The molecule has 8 heteroatoms. The Hall–Kier alpha value is -2.90. The maximum absolute atomic E-state index is 13.2. The summed E-state index contributed by atoms with van der Waals surface area (Å²) in [6.07, 6.45) is 0. The van der Waals surface area contributed by atoms with E-state index < -0.39 is 34.8 Å². The normalized spacial score (nSPS) is 12.0. The van der Waals surface area contributed by atoms with Crippen molar-refractivity contribution in [2.75, 3.05) is 0 Å². The van der Waals surface area contributed by atoms with Crippen LogP contribution < -0.4 is 11.3 Å². The van der Waals surface area contributed by atoms with Crippen molar-refractivity contribution in [2.45, 2.75) is 13.5 Å². The standard InChI is InChI=1S/C15H13F2N3O3/c1-8(14(22)9-2-3-10(16)11(17)6-9)7-20-13(21)5-4-12(19-20)15(18)23/h2-6,8H,7H2,1H3,(H2,18,23)/t8-/m0/s1. The number of carbonyl (C=O) groups is 2. The monoisotopic (exact) mass is 321 g/mol. The number of nitrogens with two attached hydrogens (primary N) is 1. The van der Waals surface area contributed by atoms with Crippen LogP contribution in [0.3, 0.4) is 0 Å². The van der Waals surface area contributed by atoms with Crippen LogP contribution in [0.5, 0.6) is 0 Å². The highest BCUT2D eigenvalue weighted by atomic mass is 19.2. The van der Waals surface area contributed by atoms with Gasteiger partial charge < -0.3 is 5.73 Å². The van der Waals surface area contributed by atoms with E-state index in [2.05, 4.69) is 5.10 Å². The summed E-state index contributed by atoms with van der Waals surface area (Å²) >= 11 is 0. The molecule has 0 radical (unpaired) electrons. The molecule has 1 aromatic heterocycles. The maximum atomic E-state index is 13.2. The van der Waals surface area contributed by atoms with Gasteiger partial charge in [0.05, 0.1) is 6.54 Å². The van der Waals surface area contributed by atoms with Gasteiger partial charge in [0.15, 0.2) is 17.4 Å². The van der Waals surface area contributed by atoms with Crippen molar-refractivity contribution >= 4 is 11.7 Å². The molecular formula is C15H13F2N3O3. The van der Waals surface area contributed by atoms with E-state index >= 15 is 0 Å². The molecule has 0 bridgehead atoms. The van der Waals surface area contributed by atoms with Crippen molar-refractivity contribution in [1.29, 1.82) is 0 Å². The van der Waals surface area contributed by atoms with E-state index in [1.807, 2.05) is 0 Å². The summed E-state index contributed by atoms with van der Waals surface area (Å²) in [7, 11) is 0. The largest absolute Gasteiger partial charge is 0.364 e. The molecule has 2 aromatic rings. The average Bonchev–Trinajstić information content (AvgIpc) is 2.51. The zero-order valence-electron chi connectivity index (χ0n) is 12.1. The molecule has 0 saturated carbocycles. The van der Waals surface area contributed by atoms with Crippen LogP contribution in [-0.2, 0) is 6.54 Å². The van der Waals surface area contributed by atoms with Gasteiger partial charge in [0.25, 0.3) is 11.5 Å². The Morgan fingerprint density at radius 2 is 1.91 bits per heavy atom. The number of aromatic nitrogens is 2. The first kappa shape index (κ1) is 16.5. The van der Waals surface area contributed by atoms with Crippen molar-refractivity contribution < 1.29 is 18.4 Å². The topological polar surface area (TPSA) is 95.1 Å². The highest BCUT2D eigenvalue weighted by Gasteiger charge is 2.19. The summed E-state index contributed by atoms with van der Waals surface area (Å²) < 4.78 is 27.0. The number of hydrogen-bond donors (Lipinski definition) is 1. The van der Waals surface area contributed by atoms with Crippen molar-refractivity contribution in [3.8, 4) is 0 Å². The van der Waals surface area contributed by atoms with Gasteiger partial charge in [0.2, 0.25) is 0 Å². The number of amides is 1. The third kappa shape index (κ3) is 3.65. The van der Waals surface area contributed by atoms with Gasteiger partial charge in [-0.15, -0.1) is 0 Å². The van der Waals surface area contributed by atoms with Crippen molar-refractivity contribution in [1.82, 2.24) is 9.78 Å². The number of primary amides is 1. The summed E-state index contributed by atoms with van der Waals surface area (Å²) in [5, 5.41) is 3.76. The van der Waals surface area contributed by atoms with Crippen molar-refractivity contribution in [3.63, 3.8) is 0 Å². The lowest BCUT2D eigenvalue weighted by molar-refractivity contribution is 0.0914. The Labute approximate surface area is 129 Å². The smallest absolute Gasteiger partial charge is 0.269 e. The fourth-order valence-corrected chi connectivity index (χ4v) is 1.99. The van der Waals surface area contributed by atoms with E-state index in [1.165, 1.54) is 13.0 Å². The lowest BCUT2D eigenvalue weighted by Crippen LogP contribution is -2.30. The van der Waals surface area contributed by atoms with Crippen molar-refractivity contribution in [2.24, 2.45) is 11.7 Å². The van der Waals surface area contributed by atoms with Gasteiger partial charge in [-0.1, -0.05) is 6.92 Å². The van der Waals surface area contributed by atoms with Gasteiger partial charge in [-0.25, -0.2) is 13.5 Å². The van der Waals surface area contributed by atoms with Gasteiger partial charge in [0.1, 0.15) is 5.69 Å². The molecule has 0 spiro atoms. The number of ketones is 1. The molecule has 0 aliphatic carbocycles. The fraction of sp³-hybridized carbons (Fsp3) is 0.200. The highest BCUT2D eigenvalue weighted by molar-refractivity contribution is 5.97. The number of rotatable bonds is 5. The number of Topliss-reactive ketones (excluding diaryl/α,β-unsaturated/α-hetero) is 1. The van der Waals surface area contributed by atoms with E-state index in [9.17, 15) is 23.2 Å².